The van der Waals surface area contributed by atoms with Crippen LogP contribution in [0.3, 0.4) is 0 Å². The van der Waals surface area contributed by atoms with Gasteiger partial charge in [-0.2, -0.15) is 0 Å². The van der Waals surface area contributed by atoms with Crippen molar-refractivity contribution in [3.8, 4) is 5.75 Å². The van der Waals surface area contributed by atoms with Crippen molar-refractivity contribution in [1.29, 1.82) is 0 Å². The molecule has 3 nitrogen and oxygen atoms in total. The monoisotopic (exact) mass is 312 g/mol. The molecule has 1 saturated heterocycles. The van der Waals surface area contributed by atoms with E-state index >= 15 is 0 Å². The summed E-state index contributed by atoms with van der Waals surface area (Å²) in [5.74, 6) is 0.880. The van der Waals surface area contributed by atoms with Gasteiger partial charge in [0.05, 0.1) is 7.11 Å². The molecule has 1 fully saturated rings. The number of nitrogens with one attached hydrogen (secondary N) is 1. The zero-order chi connectivity index (χ0) is 16.3. The van der Waals surface area contributed by atoms with Gasteiger partial charge in [-0.3, -0.25) is 0 Å². The second kappa shape index (κ2) is 6.69. The highest BCUT2D eigenvalue weighted by Crippen LogP contribution is 2.36. The van der Waals surface area contributed by atoms with E-state index in [0.29, 0.717) is 0 Å². The molecule has 124 valence electrons. The minimum absolute atomic E-state index is 0.183. The summed E-state index contributed by atoms with van der Waals surface area (Å²) in [6.45, 7) is 7.04. The number of anilines is 1. The summed E-state index contributed by atoms with van der Waals surface area (Å²) < 4.78 is 5.32. The molecule has 3 rings (SSSR count). The molecule has 0 radical (unpaired) electrons. The van der Waals surface area contributed by atoms with Crippen LogP contribution in [0.25, 0.3) is 0 Å². The molecule has 1 aliphatic carbocycles. The summed E-state index contributed by atoms with van der Waals surface area (Å²) in [7, 11) is 1.70. The number of hydrogen-bond acceptors (Lipinski definition) is 3. The highest BCUT2D eigenvalue weighted by molar-refractivity contribution is 5.55. The molecule has 23 heavy (non-hydrogen) atoms. The third-order valence-corrected chi connectivity index (χ3v) is 4.63. The van der Waals surface area contributed by atoms with Crippen LogP contribution >= 0.6 is 0 Å². The lowest BCUT2D eigenvalue weighted by molar-refractivity contribution is 0.256. The van der Waals surface area contributed by atoms with Crippen LogP contribution in [-0.2, 0) is 0 Å². The van der Waals surface area contributed by atoms with Crippen LogP contribution in [0, 0.1) is 5.41 Å². The van der Waals surface area contributed by atoms with E-state index in [0.717, 1.165) is 17.9 Å². The maximum Gasteiger partial charge on any atom is 0.120 e. The zero-order valence-electron chi connectivity index (χ0n) is 14.6. The Morgan fingerprint density at radius 3 is 2.65 bits per heavy atom. The Balaban J connectivity index is 1.80. The number of nitrogens with zero attached hydrogens (tertiary/aromatic N) is 1. The van der Waals surface area contributed by atoms with Crippen LogP contribution in [0.4, 0.5) is 5.69 Å². The first-order valence-electron chi connectivity index (χ1n) is 8.65. The molecule has 1 aliphatic heterocycles. The largest absolute Gasteiger partial charge is 0.497 e. The van der Waals surface area contributed by atoms with E-state index in [4.69, 9.17) is 4.74 Å². The van der Waals surface area contributed by atoms with Crippen molar-refractivity contribution in [3.05, 3.63) is 47.8 Å². The molecular weight excluding hydrogens is 284 g/mol. The number of methoxy groups -OCH3 is 1. The predicted molar refractivity (Wildman–Crippen MR) is 96.6 cm³/mol. The predicted octanol–water partition coefficient (Wildman–Crippen LogP) is 4.79. The first kappa shape index (κ1) is 16.0. The van der Waals surface area contributed by atoms with E-state index in [9.17, 15) is 0 Å². The van der Waals surface area contributed by atoms with Crippen molar-refractivity contribution >= 4 is 5.69 Å². The Kier molecular flexibility index (Phi) is 4.65. The first-order valence-corrected chi connectivity index (χ1v) is 8.65. The van der Waals surface area contributed by atoms with E-state index in [2.05, 4.69) is 42.3 Å². The molecular formula is C20H28N2O. The molecule has 1 N–H and O–H groups in total. The molecule has 1 aromatic carbocycles. The van der Waals surface area contributed by atoms with Gasteiger partial charge < -0.3 is 15.0 Å². The Morgan fingerprint density at radius 2 is 1.91 bits per heavy atom. The van der Waals surface area contributed by atoms with Crippen molar-refractivity contribution in [2.75, 3.05) is 25.5 Å². The number of benzene rings is 1. The molecule has 0 spiro atoms. The standard InChI is InChI=1S/C20H28N2O/c1-20(2)14-17(21-16-8-7-9-19(13-16)23-3)12-18(15-20)22-10-5-4-6-11-22/h7-9,12-14,21H,4-6,10-11,15H2,1-3H3. The summed E-state index contributed by atoms with van der Waals surface area (Å²) in [6.07, 6.45) is 9.81. The van der Waals surface area contributed by atoms with Crippen LogP contribution in [0.5, 0.6) is 5.75 Å². The van der Waals surface area contributed by atoms with E-state index in [1.165, 1.54) is 43.7 Å². The van der Waals surface area contributed by atoms with Crippen LogP contribution < -0.4 is 10.1 Å². The number of allylic oxidation sites excluding steroid dienone is 3. The van der Waals surface area contributed by atoms with Gasteiger partial charge in [0.25, 0.3) is 0 Å². The molecule has 0 unspecified atom stereocenters. The maximum atomic E-state index is 5.32. The minimum Gasteiger partial charge on any atom is -0.497 e. The Labute approximate surface area is 140 Å². The smallest absolute Gasteiger partial charge is 0.120 e. The lowest BCUT2D eigenvalue weighted by Gasteiger charge is -2.37. The topological polar surface area (TPSA) is 24.5 Å². The molecule has 0 atom stereocenters. The number of ether oxygens (including phenoxy) is 1. The fourth-order valence-corrected chi connectivity index (χ4v) is 3.53. The van der Waals surface area contributed by atoms with Crippen LogP contribution in [-0.4, -0.2) is 25.1 Å². The van der Waals surface area contributed by atoms with Gasteiger partial charge in [-0.05, 0) is 49.3 Å². The minimum atomic E-state index is 0.183. The summed E-state index contributed by atoms with van der Waals surface area (Å²) in [5, 5.41) is 3.56. The van der Waals surface area contributed by atoms with Crippen LogP contribution in [0.15, 0.2) is 47.8 Å². The second-order valence-electron chi connectivity index (χ2n) is 7.31. The lowest BCUT2D eigenvalue weighted by atomic mass is 9.82. The highest BCUT2D eigenvalue weighted by atomic mass is 16.5. The molecule has 1 aromatic rings. The van der Waals surface area contributed by atoms with Gasteiger partial charge in [0, 0.05) is 36.2 Å². The van der Waals surface area contributed by atoms with Gasteiger partial charge in [-0.15, -0.1) is 0 Å². The van der Waals surface area contributed by atoms with E-state index < -0.39 is 0 Å². The van der Waals surface area contributed by atoms with Crippen molar-refractivity contribution < 1.29 is 4.74 Å². The third kappa shape index (κ3) is 4.10. The van der Waals surface area contributed by atoms with E-state index in [1.54, 1.807) is 7.11 Å². The highest BCUT2D eigenvalue weighted by Gasteiger charge is 2.26. The molecule has 0 aromatic heterocycles. The number of rotatable bonds is 4. The summed E-state index contributed by atoms with van der Waals surface area (Å²) in [6, 6.07) is 8.11. The van der Waals surface area contributed by atoms with Crippen molar-refractivity contribution in [3.63, 3.8) is 0 Å². The Morgan fingerprint density at radius 1 is 1.13 bits per heavy atom. The van der Waals surface area contributed by atoms with Gasteiger partial charge in [0.1, 0.15) is 5.75 Å². The fraction of sp³-hybridized carbons (Fsp3) is 0.500. The van der Waals surface area contributed by atoms with Gasteiger partial charge in [-0.25, -0.2) is 0 Å². The maximum absolute atomic E-state index is 5.32. The zero-order valence-corrected chi connectivity index (χ0v) is 14.6. The Bertz CT molecular complexity index is 610. The number of piperidine rings is 1. The molecule has 3 heteroatoms. The van der Waals surface area contributed by atoms with Crippen LogP contribution in [0.2, 0.25) is 0 Å². The summed E-state index contributed by atoms with van der Waals surface area (Å²) in [4.78, 5) is 2.57. The van der Waals surface area contributed by atoms with Crippen molar-refractivity contribution in [1.82, 2.24) is 4.90 Å². The average molecular weight is 312 g/mol. The number of likely N-dealkylation sites (tertiary alicyclic amines) is 1. The molecule has 1 heterocycles. The van der Waals surface area contributed by atoms with Crippen molar-refractivity contribution in [2.45, 2.75) is 39.5 Å². The number of hydrogen-bond donors (Lipinski definition) is 1. The average Bonchev–Trinajstić information content (AvgIpc) is 2.54. The normalized spacial score (nSPS) is 20.6. The first-order chi connectivity index (χ1) is 11.1. The molecule has 0 bridgehead atoms. The van der Waals surface area contributed by atoms with Gasteiger partial charge >= 0.3 is 0 Å². The summed E-state index contributed by atoms with van der Waals surface area (Å²) in [5.41, 5.74) is 3.92. The second-order valence-corrected chi connectivity index (χ2v) is 7.31. The Hall–Kier alpha value is -1.90. The molecule has 2 aliphatic rings. The molecule has 0 saturated carbocycles. The quantitative estimate of drug-likeness (QED) is 0.865. The van der Waals surface area contributed by atoms with Crippen molar-refractivity contribution in [2.24, 2.45) is 5.41 Å². The SMILES string of the molecule is COc1cccc(NC2=CC(C)(C)CC(N3CCCCC3)=C2)c1. The van der Waals surface area contributed by atoms with Crippen LogP contribution in [0.1, 0.15) is 39.5 Å². The van der Waals surface area contributed by atoms with Gasteiger partial charge in [-0.1, -0.05) is 26.0 Å². The van der Waals surface area contributed by atoms with Gasteiger partial charge in [0.2, 0.25) is 0 Å². The summed E-state index contributed by atoms with van der Waals surface area (Å²) >= 11 is 0. The fourth-order valence-electron chi connectivity index (χ4n) is 3.53. The molecule has 0 amide bonds. The van der Waals surface area contributed by atoms with E-state index in [-0.39, 0.29) is 5.41 Å². The lowest BCUT2D eigenvalue weighted by Crippen LogP contribution is -2.32. The third-order valence-electron chi connectivity index (χ3n) is 4.63. The van der Waals surface area contributed by atoms with E-state index in [1.807, 2.05) is 18.2 Å². The van der Waals surface area contributed by atoms with Gasteiger partial charge in [0.15, 0.2) is 0 Å².